The van der Waals surface area contributed by atoms with Crippen LogP contribution in [-0.2, 0) is 19.4 Å². The molecule has 0 unspecified atom stereocenters. The fraction of sp³-hybridized carbons (Fsp3) is 0.160. The van der Waals surface area contributed by atoms with Gasteiger partial charge in [-0.25, -0.2) is 15.0 Å². The maximum atomic E-state index is 4.75. The molecule has 6 rings (SSSR count). The average molecular weight is 439 g/mol. The number of rotatable bonds is 5. The number of thiazole rings is 1. The van der Waals surface area contributed by atoms with E-state index in [9.17, 15) is 0 Å². The highest BCUT2D eigenvalue weighted by Gasteiger charge is 2.19. The molecule has 0 bridgehead atoms. The van der Waals surface area contributed by atoms with E-state index in [1.807, 2.05) is 42.0 Å². The van der Waals surface area contributed by atoms with Crippen molar-refractivity contribution in [2.75, 3.05) is 11.4 Å². The summed E-state index contributed by atoms with van der Waals surface area (Å²) in [5.41, 5.74) is 6.39. The normalized spacial score (nSPS) is 13.3. The largest absolute Gasteiger partial charge is 0.343 e. The minimum Gasteiger partial charge on any atom is -0.343 e. The van der Waals surface area contributed by atoms with Gasteiger partial charge in [0.05, 0.1) is 12.7 Å². The summed E-state index contributed by atoms with van der Waals surface area (Å²) >= 11 is 1.80. The Morgan fingerprint density at radius 1 is 0.844 bits per heavy atom. The third-order valence-corrected chi connectivity index (χ3v) is 6.99. The van der Waals surface area contributed by atoms with Crippen LogP contribution in [0, 0.1) is 0 Å². The SMILES string of the molecule is c1cn(-c2ccc(Cc3cnc(N4CCc5cc(-n6ccnc6)ccc5C4)s3)cc2)cn1. The van der Waals surface area contributed by atoms with E-state index in [-0.39, 0.29) is 0 Å². The summed E-state index contributed by atoms with van der Waals surface area (Å²) in [4.78, 5) is 16.7. The summed E-state index contributed by atoms with van der Waals surface area (Å²) in [5, 5.41) is 1.11. The Morgan fingerprint density at radius 2 is 1.59 bits per heavy atom. The van der Waals surface area contributed by atoms with E-state index in [0.717, 1.165) is 36.8 Å². The summed E-state index contributed by atoms with van der Waals surface area (Å²) in [6, 6.07) is 15.3. The highest BCUT2D eigenvalue weighted by atomic mass is 32.1. The Labute approximate surface area is 190 Å². The molecule has 0 fully saturated rings. The minimum atomic E-state index is 0.903. The van der Waals surface area contributed by atoms with Crippen LogP contribution in [0.3, 0.4) is 0 Å². The quantitative estimate of drug-likeness (QED) is 0.400. The summed E-state index contributed by atoms with van der Waals surface area (Å²) in [6.07, 6.45) is 15.2. The molecule has 0 radical (unpaired) electrons. The lowest BCUT2D eigenvalue weighted by Gasteiger charge is -2.28. The molecule has 2 aromatic carbocycles. The van der Waals surface area contributed by atoms with Gasteiger partial charge in [0.25, 0.3) is 0 Å². The van der Waals surface area contributed by atoms with Gasteiger partial charge in [0, 0.05) is 66.7 Å². The van der Waals surface area contributed by atoms with Gasteiger partial charge in [-0.15, -0.1) is 11.3 Å². The molecule has 0 aliphatic carbocycles. The molecule has 0 N–H and O–H groups in total. The predicted octanol–water partition coefficient (Wildman–Crippen LogP) is 4.67. The number of hydrogen-bond donors (Lipinski definition) is 0. The smallest absolute Gasteiger partial charge is 0.185 e. The molecule has 158 valence electrons. The van der Waals surface area contributed by atoms with Crippen molar-refractivity contribution in [3.8, 4) is 11.4 Å². The van der Waals surface area contributed by atoms with Gasteiger partial charge in [0.15, 0.2) is 5.13 Å². The second-order valence-corrected chi connectivity index (χ2v) is 9.11. The van der Waals surface area contributed by atoms with Crippen molar-refractivity contribution in [1.82, 2.24) is 24.1 Å². The predicted molar refractivity (Wildman–Crippen MR) is 127 cm³/mol. The molecule has 6 nitrogen and oxygen atoms in total. The van der Waals surface area contributed by atoms with E-state index in [1.54, 1.807) is 17.5 Å². The zero-order valence-corrected chi connectivity index (χ0v) is 18.3. The Kier molecular flexibility index (Phi) is 4.81. The van der Waals surface area contributed by atoms with Crippen LogP contribution < -0.4 is 4.90 Å². The van der Waals surface area contributed by atoms with Gasteiger partial charge in [-0.3, -0.25) is 0 Å². The first-order chi connectivity index (χ1) is 15.8. The van der Waals surface area contributed by atoms with Crippen molar-refractivity contribution in [2.45, 2.75) is 19.4 Å². The molecular formula is C25H22N6S. The van der Waals surface area contributed by atoms with Gasteiger partial charge in [0.2, 0.25) is 0 Å². The Morgan fingerprint density at radius 3 is 2.34 bits per heavy atom. The lowest BCUT2D eigenvalue weighted by molar-refractivity contribution is 0.728. The molecule has 0 saturated heterocycles. The molecule has 0 spiro atoms. The van der Waals surface area contributed by atoms with Gasteiger partial charge >= 0.3 is 0 Å². The van der Waals surface area contributed by atoms with Gasteiger partial charge in [-0.1, -0.05) is 18.2 Å². The number of benzene rings is 2. The van der Waals surface area contributed by atoms with Crippen LogP contribution >= 0.6 is 11.3 Å². The van der Waals surface area contributed by atoms with Crippen molar-refractivity contribution < 1.29 is 0 Å². The third kappa shape index (κ3) is 3.71. The number of anilines is 1. The van der Waals surface area contributed by atoms with Crippen LogP contribution in [0.4, 0.5) is 5.13 Å². The van der Waals surface area contributed by atoms with E-state index in [2.05, 4.69) is 61.9 Å². The minimum absolute atomic E-state index is 0.903. The first-order valence-corrected chi connectivity index (χ1v) is 11.5. The first-order valence-electron chi connectivity index (χ1n) is 10.7. The molecule has 3 aromatic heterocycles. The van der Waals surface area contributed by atoms with E-state index in [4.69, 9.17) is 4.98 Å². The average Bonchev–Trinajstić information content (AvgIpc) is 3.62. The van der Waals surface area contributed by atoms with Crippen molar-refractivity contribution in [3.05, 3.63) is 108 Å². The Balaban J connectivity index is 1.14. The number of fused-ring (bicyclic) bond motifs is 1. The molecule has 5 aromatic rings. The molecular weight excluding hydrogens is 416 g/mol. The van der Waals surface area contributed by atoms with Crippen molar-refractivity contribution >= 4 is 16.5 Å². The fourth-order valence-electron chi connectivity index (χ4n) is 4.20. The zero-order valence-electron chi connectivity index (χ0n) is 17.5. The monoisotopic (exact) mass is 438 g/mol. The van der Waals surface area contributed by atoms with Crippen LogP contribution in [0.15, 0.2) is 86.1 Å². The highest BCUT2D eigenvalue weighted by Crippen LogP contribution is 2.30. The molecule has 32 heavy (non-hydrogen) atoms. The van der Waals surface area contributed by atoms with Gasteiger partial charge in [-0.2, -0.15) is 0 Å². The summed E-state index contributed by atoms with van der Waals surface area (Å²) in [5.74, 6) is 0. The van der Waals surface area contributed by atoms with Gasteiger partial charge in [-0.05, 0) is 47.4 Å². The Hall–Kier alpha value is -3.71. The number of imidazole rings is 2. The molecule has 0 saturated carbocycles. The Bertz CT molecular complexity index is 1320. The second kappa shape index (κ2) is 8.09. The maximum absolute atomic E-state index is 4.75. The molecule has 1 aliphatic rings. The third-order valence-electron chi connectivity index (χ3n) is 5.93. The first kappa shape index (κ1) is 19.0. The number of aromatic nitrogens is 5. The van der Waals surface area contributed by atoms with Crippen LogP contribution in [0.2, 0.25) is 0 Å². The van der Waals surface area contributed by atoms with E-state index >= 15 is 0 Å². The lowest BCUT2D eigenvalue weighted by atomic mass is 9.99. The van der Waals surface area contributed by atoms with Crippen LogP contribution in [0.1, 0.15) is 21.6 Å². The number of hydrogen-bond acceptors (Lipinski definition) is 5. The van der Waals surface area contributed by atoms with Crippen LogP contribution in [-0.4, -0.2) is 30.6 Å². The second-order valence-electron chi connectivity index (χ2n) is 8.02. The zero-order chi connectivity index (χ0) is 21.3. The van der Waals surface area contributed by atoms with Crippen LogP contribution in [0.5, 0.6) is 0 Å². The van der Waals surface area contributed by atoms with E-state index < -0.39 is 0 Å². The highest BCUT2D eigenvalue weighted by molar-refractivity contribution is 7.15. The van der Waals surface area contributed by atoms with Gasteiger partial charge in [0.1, 0.15) is 0 Å². The molecule has 1 aliphatic heterocycles. The fourth-order valence-corrected chi connectivity index (χ4v) is 5.17. The number of nitrogens with zero attached hydrogens (tertiary/aromatic N) is 6. The molecule has 0 amide bonds. The van der Waals surface area contributed by atoms with Crippen molar-refractivity contribution in [1.29, 1.82) is 0 Å². The summed E-state index contributed by atoms with van der Waals surface area (Å²) in [7, 11) is 0. The van der Waals surface area contributed by atoms with Crippen LogP contribution in [0.25, 0.3) is 11.4 Å². The lowest BCUT2D eigenvalue weighted by Crippen LogP contribution is -2.30. The van der Waals surface area contributed by atoms with E-state index in [1.165, 1.54) is 27.3 Å². The van der Waals surface area contributed by atoms with Crippen molar-refractivity contribution in [3.63, 3.8) is 0 Å². The summed E-state index contributed by atoms with van der Waals surface area (Å²) in [6.45, 7) is 1.90. The maximum Gasteiger partial charge on any atom is 0.185 e. The summed E-state index contributed by atoms with van der Waals surface area (Å²) < 4.78 is 4.07. The topological polar surface area (TPSA) is 51.8 Å². The molecule has 7 heteroatoms. The van der Waals surface area contributed by atoms with E-state index in [0.29, 0.717) is 0 Å². The molecule has 4 heterocycles. The van der Waals surface area contributed by atoms with Gasteiger partial charge < -0.3 is 14.0 Å². The standard InChI is InChI=1S/C25H22N6S/c1-4-22(30-11-8-26-17-30)5-2-19(1)13-24-15-28-25(32-24)29-10-7-20-14-23(6-3-21(20)16-29)31-12-9-27-18-31/h1-6,8-9,11-12,14-15,17-18H,7,10,13,16H2. The molecule has 0 atom stereocenters. The van der Waals surface area contributed by atoms with Crippen molar-refractivity contribution in [2.24, 2.45) is 0 Å².